The van der Waals surface area contributed by atoms with E-state index >= 15 is 0 Å². The average Bonchev–Trinajstić information content (AvgIpc) is 3.22. The summed E-state index contributed by atoms with van der Waals surface area (Å²) < 4.78 is 34.8. The molecule has 0 spiro atoms. The van der Waals surface area contributed by atoms with Crippen LogP contribution in [0.1, 0.15) is 23.2 Å². The van der Waals surface area contributed by atoms with E-state index in [1.165, 1.54) is 35.6 Å². The van der Waals surface area contributed by atoms with Crippen molar-refractivity contribution in [1.29, 1.82) is 10.5 Å². The van der Waals surface area contributed by atoms with Crippen molar-refractivity contribution >= 4 is 60.7 Å². The Morgan fingerprint density at radius 2 is 1.75 bits per heavy atom. The zero-order valence-electron chi connectivity index (χ0n) is 19.1. The van der Waals surface area contributed by atoms with Crippen LogP contribution in [0.5, 0.6) is 0 Å². The molecule has 3 aromatic rings. The molecule has 1 heterocycles. The van der Waals surface area contributed by atoms with E-state index in [9.17, 15) is 13.2 Å². The lowest BCUT2D eigenvalue weighted by atomic mass is 10.2. The minimum absolute atomic E-state index is 0.00637. The number of rotatable bonds is 10. The summed E-state index contributed by atoms with van der Waals surface area (Å²) in [5.41, 5.74) is 0.837. The van der Waals surface area contributed by atoms with E-state index in [1.54, 1.807) is 23.8 Å². The third-order valence-electron chi connectivity index (χ3n) is 5.14. The van der Waals surface area contributed by atoms with Crippen molar-refractivity contribution in [3.8, 4) is 12.1 Å². The zero-order valence-corrected chi connectivity index (χ0v) is 22.3. The lowest BCUT2D eigenvalue weighted by molar-refractivity contribution is 0.0997. The number of carbonyl (C=O) groups excluding carboxylic acids is 1. The molecule has 0 unspecified atom stereocenters. The molecule has 3 rings (SSSR count). The number of hydrogen-bond acceptors (Lipinski definition) is 7. The molecule has 13 heteroatoms. The highest BCUT2D eigenvalue weighted by Gasteiger charge is 2.24. The molecule has 0 bridgehead atoms. The second-order valence-corrected chi connectivity index (χ2v) is 11.1. The van der Waals surface area contributed by atoms with Crippen molar-refractivity contribution in [2.45, 2.75) is 24.3 Å². The van der Waals surface area contributed by atoms with Gasteiger partial charge in [-0.05, 0) is 36.4 Å². The van der Waals surface area contributed by atoms with Gasteiger partial charge in [0.25, 0.3) is 5.91 Å². The van der Waals surface area contributed by atoms with Gasteiger partial charge in [0.2, 0.25) is 10.0 Å². The summed E-state index contributed by atoms with van der Waals surface area (Å²) in [5, 5.41) is 18.4. The Labute approximate surface area is 222 Å². The maximum Gasteiger partial charge on any atom is 0.279 e. The van der Waals surface area contributed by atoms with E-state index in [2.05, 4.69) is 4.99 Å². The molecule has 0 aliphatic rings. The maximum atomic E-state index is 13.0. The number of hydrogen-bond donors (Lipinski definition) is 0. The molecule has 9 nitrogen and oxygen atoms in total. The monoisotopic (exact) mass is 565 g/mol. The topological polar surface area (TPSA) is 129 Å². The Morgan fingerprint density at radius 3 is 2.33 bits per heavy atom. The number of carbonyl (C=O) groups is 1. The Hall–Kier alpha value is -2.77. The van der Waals surface area contributed by atoms with Crippen LogP contribution in [0.3, 0.4) is 0 Å². The third kappa shape index (κ3) is 6.13. The van der Waals surface area contributed by atoms with Gasteiger partial charge in [-0.1, -0.05) is 34.5 Å². The van der Waals surface area contributed by atoms with Gasteiger partial charge in [0.05, 0.1) is 43.9 Å². The molecule has 0 saturated heterocycles. The number of ether oxygens (including phenoxy) is 1. The highest BCUT2D eigenvalue weighted by Crippen LogP contribution is 2.32. The standard InChI is InChI=1S/C23H21Cl2N5O4S2/c1-34-15-14-30-21-19(9-8-18(24)20(21)25)35-23(30)28-22(31)16-4-6-17(7-5-16)36(32,33)29(12-2-10-26)13-3-11-27/h4-9H,2-3,12-15H2,1H3. The summed E-state index contributed by atoms with van der Waals surface area (Å²) >= 11 is 13.9. The van der Waals surface area contributed by atoms with Crippen molar-refractivity contribution in [1.82, 2.24) is 8.87 Å². The molecular formula is C23H21Cl2N5O4S2. The average molecular weight is 566 g/mol. The number of methoxy groups -OCH3 is 1. The quantitative estimate of drug-likeness (QED) is 0.362. The van der Waals surface area contributed by atoms with Crippen LogP contribution in [0.15, 0.2) is 46.3 Å². The van der Waals surface area contributed by atoms with Gasteiger partial charge in [-0.3, -0.25) is 4.79 Å². The van der Waals surface area contributed by atoms with Gasteiger partial charge >= 0.3 is 0 Å². The predicted molar refractivity (Wildman–Crippen MR) is 137 cm³/mol. The Balaban J connectivity index is 1.96. The number of benzene rings is 2. The highest BCUT2D eigenvalue weighted by molar-refractivity contribution is 7.89. The van der Waals surface area contributed by atoms with Gasteiger partial charge in [-0.25, -0.2) is 8.42 Å². The fourth-order valence-electron chi connectivity index (χ4n) is 3.35. The van der Waals surface area contributed by atoms with Crippen LogP contribution < -0.4 is 4.80 Å². The summed E-state index contributed by atoms with van der Waals surface area (Å²) in [7, 11) is -2.39. The first kappa shape index (κ1) is 27.8. The molecule has 0 fully saturated rings. The molecule has 188 valence electrons. The van der Waals surface area contributed by atoms with Crippen LogP contribution in [0.2, 0.25) is 10.0 Å². The first-order valence-electron chi connectivity index (χ1n) is 10.6. The fourth-order valence-corrected chi connectivity index (χ4v) is 6.33. The highest BCUT2D eigenvalue weighted by atomic mass is 35.5. The molecule has 0 atom stereocenters. The normalized spacial score (nSPS) is 12.1. The smallest absolute Gasteiger partial charge is 0.279 e. The summed E-state index contributed by atoms with van der Waals surface area (Å²) in [4.78, 5) is 17.5. The molecule has 0 radical (unpaired) electrons. The summed E-state index contributed by atoms with van der Waals surface area (Å²) in [5.74, 6) is -0.565. The van der Waals surface area contributed by atoms with Crippen LogP contribution in [-0.4, -0.2) is 50.0 Å². The van der Waals surface area contributed by atoms with Crippen LogP contribution in [-0.2, 0) is 21.3 Å². The van der Waals surface area contributed by atoms with Gasteiger partial charge in [0.1, 0.15) is 0 Å². The van der Waals surface area contributed by atoms with Crippen LogP contribution in [0.4, 0.5) is 0 Å². The van der Waals surface area contributed by atoms with E-state index in [0.29, 0.717) is 33.5 Å². The lowest BCUT2D eigenvalue weighted by Gasteiger charge is -2.20. The second-order valence-electron chi connectivity index (χ2n) is 7.40. The Morgan fingerprint density at radius 1 is 1.11 bits per heavy atom. The number of nitrogens with zero attached hydrogens (tertiary/aromatic N) is 5. The number of thiazole rings is 1. The van der Waals surface area contributed by atoms with E-state index < -0.39 is 15.9 Å². The molecule has 0 aliphatic carbocycles. The third-order valence-corrected chi connectivity index (χ3v) is 8.89. The van der Waals surface area contributed by atoms with E-state index in [-0.39, 0.29) is 36.4 Å². The van der Waals surface area contributed by atoms with Gasteiger partial charge in [0.15, 0.2) is 4.80 Å². The number of fused-ring (bicyclic) bond motifs is 1. The zero-order chi connectivity index (χ0) is 26.3. The number of halogens is 2. The van der Waals surface area contributed by atoms with Crippen LogP contribution in [0.25, 0.3) is 10.2 Å². The first-order chi connectivity index (χ1) is 17.2. The first-order valence-corrected chi connectivity index (χ1v) is 13.6. The lowest BCUT2D eigenvalue weighted by Crippen LogP contribution is -2.32. The van der Waals surface area contributed by atoms with E-state index in [1.807, 2.05) is 12.1 Å². The van der Waals surface area contributed by atoms with Crippen molar-refractivity contribution in [2.24, 2.45) is 4.99 Å². The molecule has 0 N–H and O–H groups in total. The van der Waals surface area contributed by atoms with Crippen molar-refractivity contribution in [2.75, 3.05) is 26.8 Å². The molecule has 0 saturated carbocycles. The van der Waals surface area contributed by atoms with E-state index in [0.717, 1.165) is 9.01 Å². The Bertz CT molecular complexity index is 1500. The molecule has 36 heavy (non-hydrogen) atoms. The van der Waals surface area contributed by atoms with Gasteiger partial charge in [0, 0.05) is 45.1 Å². The van der Waals surface area contributed by atoms with Crippen molar-refractivity contribution < 1.29 is 17.9 Å². The molecule has 2 aromatic carbocycles. The number of amides is 1. The van der Waals surface area contributed by atoms with Crippen LogP contribution >= 0.6 is 34.5 Å². The van der Waals surface area contributed by atoms with Crippen LogP contribution in [0, 0.1) is 22.7 Å². The predicted octanol–water partition coefficient (Wildman–Crippen LogP) is 4.22. The fraction of sp³-hybridized carbons (Fsp3) is 0.304. The Kier molecular flexibility index (Phi) is 9.63. The molecular weight excluding hydrogens is 545 g/mol. The van der Waals surface area contributed by atoms with Gasteiger partial charge in [-0.15, -0.1) is 0 Å². The van der Waals surface area contributed by atoms with Crippen molar-refractivity contribution in [3.63, 3.8) is 0 Å². The maximum absolute atomic E-state index is 13.0. The molecule has 1 aromatic heterocycles. The number of aromatic nitrogens is 1. The summed E-state index contributed by atoms with van der Waals surface area (Å²) in [6, 6.07) is 12.7. The summed E-state index contributed by atoms with van der Waals surface area (Å²) in [6.07, 6.45) is -0.0127. The van der Waals surface area contributed by atoms with Gasteiger partial charge < -0.3 is 9.30 Å². The number of sulfonamides is 1. The summed E-state index contributed by atoms with van der Waals surface area (Å²) in [6.45, 7) is 0.685. The number of nitriles is 2. The van der Waals surface area contributed by atoms with Crippen molar-refractivity contribution in [3.05, 3.63) is 56.8 Å². The van der Waals surface area contributed by atoms with Gasteiger partial charge in [-0.2, -0.15) is 19.8 Å². The molecule has 0 aliphatic heterocycles. The largest absolute Gasteiger partial charge is 0.383 e. The molecule has 1 amide bonds. The minimum atomic E-state index is -3.94. The van der Waals surface area contributed by atoms with E-state index in [4.69, 9.17) is 38.5 Å². The minimum Gasteiger partial charge on any atom is -0.383 e. The second kappa shape index (κ2) is 12.5. The SMILES string of the molecule is COCCn1c(=NC(=O)c2ccc(S(=O)(=O)N(CCC#N)CCC#N)cc2)sc2ccc(Cl)c(Cl)c21.